The Labute approximate surface area is 90.8 Å². The van der Waals surface area contributed by atoms with Gasteiger partial charge in [0.25, 0.3) is 0 Å². The lowest BCUT2D eigenvalue weighted by Gasteiger charge is -2.06. The summed E-state index contributed by atoms with van der Waals surface area (Å²) >= 11 is 3.29. The lowest BCUT2D eigenvalue weighted by Crippen LogP contribution is -2.04. The molecule has 0 aromatic heterocycles. The molecule has 0 amide bonds. The van der Waals surface area contributed by atoms with E-state index in [1.165, 1.54) is 7.11 Å². The second kappa shape index (κ2) is 4.46. The van der Waals surface area contributed by atoms with Crippen LogP contribution in [0.5, 0.6) is 5.75 Å². The molecule has 1 N–H and O–H groups in total. The van der Waals surface area contributed by atoms with Crippen molar-refractivity contribution in [2.45, 2.75) is 13.3 Å². The average Bonchev–Trinajstić information content (AvgIpc) is 2.14. The van der Waals surface area contributed by atoms with Crippen molar-refractivity contribution in [1.29, 1.82) is 0 Å². The van der Waals surface area contributed by atoms with Gasteiger partial charge in [-0.25, -0.2) is 0 Å². The van der Waals surface area contributed by atoms with E-state index in [1.807, 2.05) is 6.92 Å². The Morgan fingerprint density at radius 1 is 1.57 bits per heavy atom. The zero-order valence-electron chi connectivity index (χ0n) is 8.00. The van der Waals surface area contributed by atoms with Gasteiger partial charge in [-0.2, -0.15) is 0 Å². The van der Waals surface area contributed by atoms with Crippen molar-refractivity contribution < 1.29 is 14.6 Å². The molecular weight excluding hydrogens is 248 g/mol. The van der Waals surface area contributed by atoms with Gasteiger partial charge < -0.3 is 9.84 Å². The minimum atomic E-state index is -0.359. The van der Waals surface area contributed by atoms with Crippen LogP contribution in [-0.2, 0) is 16.0 Å². The molecule has 3 nitrogen and oxygen atoms in total. The molecule has 0 fully saturated rings. The first-order valence-electron chi connectivity index (χ1n) is 4.09. The van der Waals surface area contributed by atoms with Crippen LogP contribution in [0.4, 0.5) is 0 Å². The smallest absolute Gasteiger partial charge is 0.310 e. The molecule has 1 aromatic carbocycles. The third-order valence-corrected chi connectivity index (χ3v) is 2.78. The third-order valence-electron chi connectivity index (χ3n) is 1.92. The number of carbonyl (C=O) groups excluding carboxylic acids is 1. The molecule has 14 heavy (non-hydrogen) atoms. The highest BCUT2D eigenvalue weighted by molar-refractivity contribution is 9.10. The van der Waals surface area contributed by atoms with Crippen molar-refractivity contribution in [1.82, 2.24) is 0 Å². The van der Waals surface area contributed by atoms with Gasteiger partial charge in [-0.1, -0.05) is 22.0 Å². The second-order valence-electron chi connectivity index (χ2n) is 2.98. The molecule has 0 atom stereocenters. The number of esters is 1. The quantitative estimate of drug-likeness (QED) is 0.828. The molecular formula is C10H11BrO3. The molecule has 1 aromatic rings. The summed E-state index contributed by atoms with van der Waals surface area (Å²) in [6, 6.07) is 3.34. The zero-order valence-corrected chi connectivity index (χ0v) is 9.59. The lowest BCUT2D eigenvalue weighted by atomic mass is 10.1. The molecule has 0 aliphatic carbocycles. The first kappa shape index (κ1) is 11.0. The van der Waals surface area contributed by atoms with Gasteiger partial charge in [-0.3, -0.25) is 4.79 Å². The highest BCUT2D eigenvalue weighted by Crippen LogP contribution is 2.26. The van der Waals surface area contributed by atoms with Gasteiger partial charge in [-0.15, -0.1) is 0 Å². The summed E-state index contributed by atoms with van der Waals surface area (Å²) < 4.78 is 5.34. The van der Waals surface area contributed by atoms with Crippen LogP contribution >= 0.6 is 15.9 Å². The first-order chi connectivity index (χ1) is 6.54. The molecule has 0 aliphatic rings. The van der Waals surface area contributed by atoms with Gasteiger partial charge >= 0.3 is 5.97 Å². The fourth-order valence-corrected chi connectivity index (χ4v) is 1.43. The van der Waals surface area contributed by atoms with Crippen LogP contribution in [0, 0.1) is 6.92 Å². The number of hydrogen-bond acceptors (Lipinski definition) is 3. The van der Waals surface area contributed by atoms with Crippen molar-refractivity contribution in [3.8, 4) is 5.75 Å². The molecule has 0 bridgehead atoms. The van der Waals surface area contributed by atoms with Crippen LogP contribution < -0.4 is 0 Å². The Morgan fingerprint density at radius 3 is 2.79 bits per heavy atom. The summed E-state index contributed by atoms with van der Waals surface area (Å²) in [6.45, 7) is 1.89. The monoisotopic (exact) mass is 258 g/mol. The fraction of sp³-hybridized carbons (Fsp3) is 0.300. The fourth-order valence-electron chi connectivity index (χ4n) is 1.10. The summed E-state index contributed by atoms with van der Waals surface area (Å²) in [4.78, 5) is 11.0. The summed E-state index contributed by atoms with van der Waals surface area (Å²) in [5.74, 6) is -0.255. The van der Waals surface area contributed by atoms with E-state index in [4.69, 9.17) is 0 Å². The summed E-state index contributed by atoms with van der Waals surface area (Å²) in [6.07, 6.45) is 0.0937. The van der Waals surface area contributed by atoms with Crippen LogP contribution in [0.15, 0.2) is 16.6 Å². The van der Waals surface area contributed by atoms with Gasteiger partial charge in [0.05, 0.1) is 13.5 Å². The number of methoxy groups -OCH3 is 1. The summed E-state index contributed by atoms with van der Waals surface area (Å²) in [5, 5.41) is 9.52. The number of phenolic OH excluding ortho intramolecular Hbond substituents is 1. The molecule has 0 saturated heterocycles. The average molecular weight is 259 g/mol. The standard InChI is InChI=1S/C10H11BrO3/c1-6-3-7(4-10(13)14-2)9(12)5-8(6)11/h3,5,12H,4H2,1-2H3. The maximum atomic E-state index is 11.0. The number of ether oxygens (including phenoxy) is 1. The van der Waals surface area contributed by atoms with E-state index < -0.39 is 0 Å². The minimum Gasteiger partial charge on any atom is -0.508 e. The molecule has 0 heterocycles. The number of halogens is 1. The van der Waals surface area contributed by atoms with E-state index in [0.29, 0.717) is 5.56 Å². The van der Waals surface area contributed by atoms with Gasteiger partial charge in [0, 0.05) is 10.0 Å². The maximum Gasteiger partial charge on any atom is 0.310 e. The zero-order chi connectivity index (χ0) is 10.7. The molecule has 76 valence electrons. The van der Waals surface area contributed by atoms with Gasteiger partial charge in [0.1, 0.15) is 5.75 Å². The van der Waals surface area contributed by atoms with Crippen molar-refractivity contribution in [2.75, 3.05) is 7.11 Å². The SMILES string of the molecule is COC(=O)Cc1cc(C)c(Br)cc1O. The summed E-state index contributed by atoms with van der Waals surface area (Å²) in [5.41, 5.74) is 1.55. The Bertz CT molecular complexity index is 361. The van der Waals surface area contributed by atoms with Gasteiger partial charge in [0.2, 0.25) is 0 Å². The molecule has 0 radical (unpaired) electrons. The molecule has 0 aliphatic heterocycles. The number of aryl methyl sites for hydroxylation is 1. The van der Waals surface area contributed by atoms with Crippen LogP contribution in [0.25, 0.3) is 0 Å². The topological polar surface area (TPSA) is 46.5 Å². The molecule has 1 rings (SSSR count). The number of hydrogen-bond donors (Lipinski definition) is 1. The van der Waals surface area contributed by atoms with Crippen LogP contribution in [-0.4, -0.2) is 18.2 Å². The first-order valence-corrected chi connectivity index (χ1v) is 4.88. The van der Waals surface area contributed by atoms with Crippen molar-refractivity contribution in [3.63, 3.8) is 0 Å². The van der Waals surface area contributed by atoms with Gasteiger partial charge in [0.15, 0.2) is 0 Å². The van der Waals surface area contributed by atoms with E-state index in [1.54, 1.807) is 12.1 Å². The highest BCUT2D eigenvalue weighted by atomic mass is 79.9. The molecule has 0 unspecified atom stereocenters. The summed E-state index contributed by atoms with van der Waals surface area (Å²) in [7, 11) is 1.32. The van der Waals surface area contributed by atoms with E-state index >= 15 is 0 Å². The Morgan fingerprint density at radius 2 is 2.21 bits per heavy atom. The Kier molecular flexibility index (Phi) is 3.52. The number of phenols is 1. The third kappa shape index (κ3) is 2.48. The number of carbonyl (C=O) groups is 1. The van der Waals surface area contributed by atoms with Crippen molar-refractivity contribution >= 4 is 21.9 Å². The lowest BCUT2D eigenvalue weighted by molar-refractivity contribution is -0.139. The Hall–Kier alpha value is -1.03. The van der Waals surface area contributed by atoms with E-state index in [9.17, 15) is 9.90 Å². The van der Waals surface area contributed by atoms with Crippen LogP contribution in [0.3, 0.4) is 0 Å². The predicted octanol–water partition coefficient (Wildman–Crippen LogP) is 2.18. The minimum absolute atomic E-state index is 0.0937. The van der Waals surface area contributed by atoms with Gasteiger partial charge in [-0.05, 0) is 18.6 Å². The number of rotatable bonds is 2. The predicted molar refractivity (Wildman–Crippen MR) is 56.3 cm³/mol. The number of aromatic hydroxyl groups is 1. The maximum absolute atomic E-state index is 11.0. The highest BCUT2D eigenvalue weighted by Gasteiger charge is 2.09. The van der Waals surface area contributed by atoms with E-state index in [0.717, 1.165) is 10.0 Å². The van der Waals surface area contributed by atoms with Crippen molar-refractivity contribution in [3.05, 3.63) is 27.7 Å². The normalized spacial score (nSPS) is 9.93. The van der Waals surface area contributed by atoms with Crippen LogP contribution in [0.2, 0.25) is 0 Å². The Balaban J connectivity index is 2.98. The largest absolute Gasteiger partial charge is 0.508 e. The molecule has 0 spiro atoms. The van der Waals surface area contributed by atoms with Crippen LogP contribution in [0.1, 0.15) is 11.1 Å². The molecule has 4 heteroatoms. The van der Waals surface area contributed by atoms with E-state index in [2.05, 4.69) is 20.7 Å². The molecule has 0 saturated carbocycles. The number of benzene rings is 1. The van der Waals surface area contributed by atoms with E-state index in [-0.39, 0.29) is 18.1 Å². The second-order valence-corrected chi connectivity index (χ2v) is 3.84. The van der Waals surface area contributed by atoms with Crippen molar-refractivity contribution in [2.24, 2.45) is 0 Å².